The predicted molar refractivity (Wildman–Crippen MR) is 53.6 cm³/mol. The van der Waals surface area contributed by atoms with Crippen LogP contribution in [0.25, 0.3) is 0 Å². The van der Waals surface area contributed by atoms with Gasteiger partial charge in [0.25, 0.3) is 0 Å². The number of ether oxygens (including phenoxy) is 2. The quantitative estimate of drug-likeness (QED) is 0.442. The van der Waals surface area contributed by atoms with Crippen molar-refractivity contribution in [1.29, 1.82) is 0 Å². The molecule has 2 atom stereocenters. The molecule has 80 valence electrons. The molecule has 1 rings (SSSR count). The summed E-state index contributed by atoms with van der Waals surface area (Å²) in [5, 5.41) is 0. The fourth-order valence-electron chi connectivity index (χ4n) is 1.35. The topological polar surface area (TPSA) is 35.5 Å². The molecule has 0 unspecified atom stereocenters. The summed E-state index contributed by atoms with van der Waals surface area (Å²) in [6.07, 6.45) is 1.12. The average Bonchev–Trinajstić information content (AvgIpc) is 2.01. The van der Waals surface area contributed by atoms with E-state index in [1.807, 2.05) is 34.6 Å². The van der Waals surface area contributed by atoms with Gasteiger partial charge in [-0.2, -0.15) is 0 Å². The normalized spacial score (nSPS) is 31.8. The van der Waals surface area contributed by atoms with Crippen molar-refractivity contribution in [3.05, 3.63) is 11.6 Å². The Balaban J connectivity index is 2.81. The van der Waals surface area contributed by atoms with Crippen LogP contribution in [0.5, 0.6) is 0 Å². The molecule has 1 fully saturated rings. The second kappa shape index (κ2) is 3.73. The number of carbonyl (C=O) groups excluding carboxylic acids is 1. The lowest BCUT2D eigenvalue weighted by Gasteiger charge is -2.36. The minimum atomic E-state index is -0.450. The summed E-state index contributed by atoms with van der Waals surface area (Å²) in [7, 11) is 0. The Labute approximate surface area is 85.1 Å². The third-order valence-corrected chi connectivity index (χ3v) is 2.23. The molecule has 0 saturated carbocycles. The van der Waals surface area contributed by atoms with Gasteiger partial charge in [0.05, 0.1) is 11.7 Å². The first-order valence-electron chi connectivity index (χ1n) is 4.89. The van der Waals surface area contributed by atoms with Crippen molar-refractivity contribution in [3.8, 4) is 0 Å². The number of cyclic esters (lactones) is 1. The standard InChI is InChI=1S/C11H18O3/c1-6-8-7(2)13-10(11(3,4)5)14-9(8)12/h6-7,10H,1-5H3/b8-6+/t7-,10-/m1/s1. The van der Waals surface area contributed by atoms with Crippen LogP contribution in [0.2, 0.25) is 0 Å². The molecular weight excluding hydrogens is 180 g/mol. The van der Waals surface area contributed by atoms with Crippen molar-refractivity contribution in [1.82, 2.24) is 0 Å². The maximum Gasteiger partial charge on any atom is 0.338 e. The molecule has 0 bridgehead atoms. The first-order chi connectivity index (χ1) is 6.36. The van der Waals surface area contributed by atoms with Gasteiger partial charge in [0.15, 0.2) is 0 Å². The van der Waals surface area contributed by atoms with Gasteiger partial charge in [-0.25, -0.2) is 4.79 Å². The Bertz CT molecular complexity index is 260. The number of esters is 1. The molecule has 1 aliphatic heterocycles. The zero-order chi connectivity index (χ0) is 10.9. The summed E-state index contributed by atoms with van der Waals surface area (Å²) in [4.78, 5) is 11.5. The molecule has 0 spiro atoms. The lowest BCUT2D eigenvalue weighted by atomic mass is 9.94. The molecule has 0 N–H and O–H groups in total. The van der Waals surface area contributed by atoms with E-state index in [4.69, 9.17) is 9.47 Å². The van der Waals surface area contributed by atoms with Crippen LogP contribution in [0.15, 0.2) is 11.6 Å². The molecular formula is C11H18O3. The predicted octanol–water partition coefficient (Wildman–Crippen LogP) is 2.27. The van der Waals surface area contributed by atoms with Crippen LogP contribution in [0.4, 0.5) is 0 Å². The summed E-state index contributed by atoms with van der Waals surface area (Å²) in [6, 6.07) is 0. The summed E-state index contributed by atoms with van der Waals surface area (Å²) in [5.41, 5.74) is 0.425. The lowest BCUT2D eigenvalue weighted by Crippen LogP contribution is -2.43. The molecule has 14 heavy (non-hydrogen) atoms. The summed E-state index contributed by atoms with van der Waals surface area (Å²) in [6.45, 7) is 9.64. The molecule has 0 aliphatic carbocycles. The van der Waals surface area contributed by atoms with Gasteiger partial charge >= 0.3 is 5.97 Å². The summed E-state index contributed by atoms with van der Waals surface area (Å²) >= 11 is 0. The first kappa shape index (κ1) is 11.2. The monoisotopic (exact) mass is 198 g/mol. The van der Waals surface area contributed by atoms with Crippen molar-refractivity contribution >= 4 is 5.97 Å². The molecule has 1 saturated heterocycles. The van der Waals surface area contributed by atoms with Crippen molar-refractivity contribution in [2.45, 2.75) is 47.0 Å². The first-order valence-corrected chi connectivity index (χ1v) is 4.89. The number of hydrogen-bond donors (Lipinski definition) is 0. The Morgan fingerprint density at radius 3 is 2.29 bits per heavy atom. The molecule has 0 aromatic rings. The van der Waals surface area contributed by atoms with Gasteiger partial charge in [-0.05, 0) is 13.8 Å². The van der Waals surface area contributed by atoms with Gasteiger partial charge < -0.3 is 9.47 Å². The van der Waals surface area contributed by atoms with Crippen molar-refractivity contribution in [2.24, 2.45) is 5.41 Å². The van der Waals surface area contributed by atoms with Crippen LogP contribution >= 0.6 is 0 Å². The third-order valence-electron chi connectivity index (χ3n) is 2.23. The van der Waals surface area contributed by atoms with Gasteiger partial charge in [-0.1, -0.05) is 26.8 Å². The number of hydrogen-bond acceptors (Lipinski definition) is 3. The van der Waals surface area contributed by atoms with Crippen molar-refractivity contribution < 1.29 is 14.3 Å². The zero-order valence-electron chi connectivity index (χ0n) is 9.46. The second-order valence-corrected chi connectivity index (χ2v) is 4.63. The summed E-state index contributed by atoms with van der Waals surface area (Å²) < 4.78 is 10.8. The van der Waals surface area contributed by atoms with Crippen LogP contribution in [-0.2, 0) is 14.3 Å². The highest BCUT2D eigenvalue weighted by Crippen LogP contribution is 2.30. The van der Waals surface area contributed by atoms with Crippen LogP contribution in [0.3, 0.4) is 0 Å². The Hall–Kier alpha value is -0.830. The van der Waals surface area contributed by atoms with E-state index in [0.29, 0.717) is 5.57 Å². The largest absolute Gasteiger partial charge is 0.432 e. The van der Waals surface area contributed by atoms with E-state index in [2.05, 4.69) is 0 Å². The molecule has 1 aliphatic rings. The molecule has 0 aromatic carbocycles. The van der Waals surface area contributed by atoms with Gasteiger partial charge in [-0.15, -0.1) is 0 Å². The Morgan fingerprint density at radius 2 is 1.93 bits per heavy atom. The fraction of sp³-hybridized carbons (Fsp3) is 0.727. The maximum atomic E-state index is 11.5. The van der Waals surface area contributed by atoms with Crippen LogP contribution in [0.1, 0.15) is 34.6 Å². The van der Waals surface area contributed by atoms with Gasteiger partial charge in [0.2, 0.25) is 6.29 Å². The van der Waals surface area contributed by atoms with Gasteiger partial charge in [0.1, 0.15) is 0 Å². The van der Waals surface area contributed by atoms with Crippen LogP contribution in [-0.4, -0.2) is 18.4 Å². The Morgan fingerprint density at radius 1 is 1.36 bits per heavy atom. The number of allylic oxidation sites excluding steroid dienone is 1. The van der Waals surface area contributed by atoms with Crippen molar-refractivity contribution in [3.63, 3.8) is 0 Å². The zero-order valence-corrected chi connectivity index (χ0v) is 9.46. The van der Waals surface area contributed by atoms with E-state index in [1.54, 1.807) is 6.08 Å². The van der Waals surface area contributed by atoms with E-state index < -0.39 is 6.29 Å². The SMILES string of the molecule is C/C=C1/C(=O)O[C@H](C(C)(C)C)O[C@@H]1C. The van der Waals surface area contributed by atoms with E-state index in [1.165, 1.54) is 0 Å². The molecule has 0 aromatic heterocycles. The third kappa shape index (κ3) is 2.15. The number of rotatable bonds is 0. The summed E-state index contributed by atoms with van der Waals surface area (Å²) in [5.74, 6) is -0.258. The molecule has 3 heteroatoms. The van der Waals surface area contributed by atoms with E-state index in [0.717, 1.165) is 0 Å². The minimum Gasteiger partial charge on any atom is -0.432 e. The fourth-order valence-corrected chi connectivity index (χ4v) is 1.35. The average molecular weight is 198 g/mol. The van der Waals surface area contributed by atoms with E-state index in [-0.39, 0.29) is 17.5 Å². The highest BCUT2D eigenvalue weighted by Gasteiger charge is 2.37. The minimum absolute atomic E-state index is 0.175. The van der Waals surface area contributed by atoms with Crippen LogP contribution < -0.4 is 0 Å². The molecule has 0 amide bonds. The van der Waals surface area contributed by atoms with Gasteiger partial charge in [0, 0.05) is 5.41 Å². The van der Waals surface area contributed by atoms with Crippen LogP contribution in [0, 0.1) is 5.41 Å². The van der Waals surface area contributed by atoms with E-state index in [9.17, 15) is 4.79 Å². The van der Waals surface area contributed by atoms with Crippen molar-refractivity contribution in [2.75, 3.05) is 0 Å². The lowest BCUT2D eigenvalue weighted by molar-refractivity contribution is -0.225. The highest BCUT2D eigenvalue weighted by atomic mass is 16.7. The van der Waals surface area contributed by atoms with E-state index >= 15 is 0 Å². The second-order valence-electron chi connectivity index (χ2n) is 4.63. The highest BCUT2D eigenvalue weighted by molar-refractivity contribution is 5.90. The Kier molecular flexibility index (Phi) is 3.00. The number of carbonyl (C=O) groups is 1. The molecule has 3 nitrogen and oxygen atoms in total. The van der Waals surface area contributed by atoms with Gasteiger partial charge in [-0.3, -0.25) is 0 Å². The smallest absolute Gasteiger partial charge is 0.338 e. The molecule has 1 heterocycles. The molecule has 0 radical (unpaired) electrons. The maximum absolute atomic E-state index is 11.5.